The molecular weight excluding hydrogens is 268 g/mol. The van der Waals surface area contributed by atoms with Crippen LogP contribution in [0.3, 0.4) is 0 Å². The summed E-state index contributed by atoms with van der Waals surface area (Å²) in [5, 5.41) is 0. The molecule has 1 aliphatic heterocycles. The molecule has 6 saturated carbocycles. The summed E-state index contributed by atoms with van der Waals surface area (Å²) in [6, 6.07) is 0. The monoisotopic (exact) mass is 288 g/mol. The Balaban J connectivity index is 1.26. The predicted octanol–water partition coefficient (Wildman–Crippen LogP) is -0.329. The molecule has 1 saturated heterocycles. The summed E-state index contributed by atoms with van der Waals surface area (Å²) in [6.07, 6.45) is 0. The highest BCUT2D eigenvalue weighted by atomic mass is 16.5. The highest BCUT2D eigenvalue weighted by Crippen LogP contribution is 3.10. The van der Waals surface area contributed by atoms with Gasteiger partial charge in [0.15, 0.2) is 0 Å². The largest absolute Gasteiger partial charge is 0.469 e. The van der Waals surface area contributed by atoms with Crippen molar-refractivity contribution in [1.29, 1.82) is 0 Å². The number of ether oxygens (including phenoxy) is 1. The molecular formula is C16H20N2O3. The van der Waals surface area contributed by atoms with Gasteiger partial charge in [-0.2, -0.15) is 0 Å². The first-order valence-corrected chi connectivity index (χ1v) is 8.19. The second-order valence-electron chi connectivity index (χ2n) is 8.11. The zero-order valence-electron chi connectivity index (χ0n) is 12.4. The molecule has 0 spiro atoms. The van der Waals surface area contributed by atoms with E-state index in [1.165, 1.54) is 7.11 Å². The maximum absolute atomic E-state index is 13.0. The van der Waals surface area contributed by atoms with Crippen molar-refractivity contribution in [3.63, 3.8) is 0 Å². The number of carbonyl (C=O) groups excluding carboxylic acids is 2. The van der Waals surface area contributed by atoms with Crippen LogP contribution in [0.25, 0.3) is 0 Å². The van der Waals surface area contributed by atoms with Gasteiger partial charge >= 0.3 is 5.97 Å². The summed E-state index contributed by atoms with van der Waals surface area (Å²) in [4.78, 5) is 29.5. The number of carbonyl (C=O) groups is 2. The Morgan fingerprint density at radius 1 is 0.905 bits per heavy atom. The van der Waals surface area contributed by atoms with Gasteiger partial charge in [0.2, 0.25) is 5.91 Å². The molecule has 0 aromatic rings. The standard InChI is InChI=1S/C16H20N2O3/c1-17-3-5-18(6-4-17)13(19)15-7-10-8(15)12-9(15)11(7)16(10,12)14(20)21-2/h7-12H,3-6H2,1-2H3. The maximum atomic E-state index is 13.0. The highest BCUT2D eigenvalue weighted by Gasteiger charge is 3.13. The van der Waals surface area contributed by atoms with Crippen LogP contribution in [-0.2, 0) is 14.3 Å². The lowest BCUT2D eigenvalue weighted by atomic mass is 8.92. The van der Waals surface area contributed by atoms with Crippen molar-refractivity contribution in [2.24, 2.45) is 46.3 Å². The van der Waals surface area contributed by atoms with E-state index in [1.807, 2.05) is 0 Å². The van der Waals surface area contributed by atoms with Crippen LogP contribution in [0.15, 0.2) is 0 Å². The van der Waals surface area contributed by atoms with Crippen LogP contribution in [0.1, 0.15) is 0 Å². The third-order valence-electron chi connectivity index (χ3n) is 8.33. The summed E-state index contributed by atoms with van der Waals surface area (Å²) in [5.74, 6) is 3.55. The Kier molecular flexibility index (Phi) is 1.57. The van der Waals surface area contributed by atoms with Gasteiger partial charge in [-0.1, -0.05) is 0 Å². The van der Waals surface area contributed by atoms with Gasteiger partial charge < -0.3 is 14.5 Å². The van der Waals surface area contributed by atoms with Crippen LogP contribution in [0, 0.1) is 46.3 Å². The second-order valence-corrected chi connectivity index (χ2v) is 8.11. The van der Waals surface area contributed by atoms with E-state index >= 15 is 0 Å². The molecule has 5 nitrogen and oxygen atoms in total. The van der Waals surface area contributed by atoms with Crippen molar-refractivity contribution in [3.05, 3.63) is 0 Å². The molecule has 7 aliphatic rings. The van der Waals surface area contributed by atoms with Crippen LogP contribution >= 0.6 is 0 Å². The van der Waals surface area contributed by atoms with Gasteiger partial charge in [0, 0.05) is 26.2 Å². The zero-order chi connectivity index (χ0) is 14.3. The van der Waals surface area contributed by atoms with Crippen molar-refractivity contribution < 1.29 is 14.3 Å². The minimum Gasteiger partial charge on any atom is -0.469 e. The minimum absolute atomic E-state index is 0.00825. The molecule has 6 aliphatic carbocycles. The predicted molar refractivity (Wildman–Crippen MR) is 71.9 cm³/mol. The number of rotatable bonds is 2. The third-order valence-corrected chi connectivity index (χ3v) is 8.33. The maximum Gasteiger partial charge on any atom is 0.312 e. The van der Waals surface area contributed by atoms with E-state index < -0.39 is 0 Å². The highest BCUT2D eigenvalue weighted by molar-refractivity contribution is 5.98. The lowest BCUT2D eigenvalue weighted by molar-refractivity contribution is -0.627. The third kappa shape index (κ3) is 0.715. The average Bonchev–Trinajstić information content (AvgIpc) is 2.53. The van der Waals surface area contributed by atoms with E-state index in [2.05, 4.69) is 16.8 Å². The summed E-state index contributed by atoms with van der Waals surface area (Å²) < 4.78 is 5.04. The number of amides is 1. The topological polar surface area (TPSA) is 49.9 Å². The lowest BCUT2D eigenvalue weighted by Crippen LogP contribution is -3.12. The molecule has 0 aromatic heterocycles. The van der Waals surface area contributed by atoms with Crippen molar-refractivity contribution >= 4 is 11.9 Å². The average molecular weight is 288 g/mol. The van der Waals surface area contributed by atoms with E-state index in [9.17, 15) is 9.59 Å². The van der Waals surface area contributed by atoms with Gasteiger partial charge in [-0.3, -0.25) is 9.59 Å². The Bertz CT molecular complexity index is 553. The van der Waals surface area contributed by atoms with Crippen molar-refractivity contribution in [2.75, 3.05) is 40.3 Å². The molecule has 0 unspecified atom stereocenters. The number of likely N-dealkylation sites (N-methyl/N-ethyl adjacent to an activating group) is 1. The Morgan fingerprint density at radius 2 is 1.38 bits per heavy atom. The molecule has 0 N–H and O–H groups in total. The van der Waals surface area contributed by atoms with Gasteiger partial charge in [-0.15, -0.1) is 0 Å². The molecule has 0 atom stereocenters. The van der Waals surface area contributed by atoms with Crippen LogP contribution in [0.4, 0.5) is 0 Å². The van der Waals surface area contributed by atoms with E-state index in [4.69, 9.17) is 4.74 Å². The molecule has 5 heteroatoms. The van der Waals surface area contributed by atoms with Gasteiger partial charge in [-0.25, -0.2) is 0 Å². The zero-order valence-corrected chi connectivity index (χ0v) is 12.4. The molecule has 7 fully saturated rings. The molecule has 1 amide bonds. The SMILES string of the molecule is COC(=O)C12C3C4C1C1C2C3C41C(=O)N1CCN(C)CC1. The van der Waals surface area contributed by atoms with Crippen molar-refractivity contribution in [2.45, 2.75) is 0 Å². The summed E-state index contributed by atoms with van der Waals surface area (Å²) in [7, 11) is 3.63. The van der Waals surface area contributed by atoms with Gasteiger partial charge in [-0.05, 0) is 42.6 Å². The van der Waals surface area contributed by atoms with E-state index in [0.717, 1.165) is 26.2 Å². The lowest BCUT2D eigenvalue weighted by Gasteiger charge is -3.09. The summed E-state index contributed by atoms with van der Waals surface area (Å²) in [6.45, 7) is 3.74. The molecule has 7 rings (SSSR count). The van der Waals surface area contributed by atoms with Crippen molar-refractivity contribution in [3.8, 4) is 0 Å². The van der Waals surface area contributed by atoms with E-state index in [1.54, 1.807) is 0 Å². The summed E-state index contributed by atoms with van der Waals surface area (Å²) >= 11 is 0. The van der Waals surface area contributed by atoms with Gasteiger partial charge in [0.25, 0.3) is 0 Å². The fourth-order valence-electron chi connectivity index (χ4n) is 7.82. The Labute approximate surface area is 123 Å². The number of methoxy groups -OCH3 is 1. The molecule has 0 radical (unpaired) electrons. The number of esters is 1. The van der Waals surface area contributed by atoms with Crippen LogP contribution in [-0.4, -0.2) is 62.0 Å². The fraction of sp³-hybridized carbons (Fsp3) is 0.875. The van der Waals surface area contributed by atoms with E-state index in [-0.39, 0.29) is 16.8 Å². The van der Waals surface area contributed by atoms with Gasteiger partial charge in [0.1, 0.15) is 0 Å². The number of hydrogen-bond donors (Lipinski definition) is 0. The number of nitrogens with zero attached hydrogens (tertiary/aromatic N) is 2. The van der Waals surface area contributed by atoms with Crippen molar-refractivity contribution in [1.82, 2.24) is 9.80 Å². The number of piperazine rings is 1. The fourth-order valence-corrected chi connectivity index (χ4v) is 7.82. The smallest absolute Gasteiger partial charge is 0.312 e. The Morgan fingerprint density at radius 3 is 1.86 bits per heavy atom. The molecule has 112 valence electrons. The molecule has 0 aromatic carbocycles. The summed E-state index contributed by atoms with van der Waals surface area (Å²) in [5.41, 5.74) is -0.120. The minimum atomic E-state index is -0.112. The molecule has 0 bridgehead atoms. The normalized spacial score (nSPS) is 60.6. The molecule has 1 heterocycles. The first kappa shape index (κ1) is 11.5. The first-order chi connectivity index (χ1) is 10.1. The Hall–Kier alpha value is -1.10. The second kappa shape index (κ2) is 2.87. The van der Waals surface area contributed by atoms with Crippen LogP contribution < -0.4 is 0 Å². The van der Waals surface area contributed by atoms with Gasteiger partial charge in [0.05, 0.1) is 17.9 Å². The van der Waals surface area contributed by atoms with Crippen LogP contribution in [0.5, 0.6) is 0 Å². The quantitative estimate of drug-likeness (QED) is 0.653. The molecule has 21 heavy (non-hydrogen) atoms. The van der Waals surface area contributed by atoms with E-state index in [0.29, 0.717) is 41.4 Å². The van der Waals surface area contributed by atoms with Crippen LogP contribution in [0.2, 0.25) is 0 Å². The number of hydrogen-bond acceptors (Lipinski definition) is 4. The first-order valence-electron chi connectivity index (χ1n) is 8.19.